The van der Waals surface area contributed by atoms with Crippen molar-refractivity contribution in [2.45, 2.75) is 143 Å². The molecule has 0 amide bonds. The Morgan fingerprint density at radius 2 is 1.03 bits per heavy atom. The molecule has 0 N–H and O–H groups in total. The third-order valence-electron chi connectivity index (χ3n) is 5.83. The van der Waals surface area contributed by atoms with Gasteiger partial charge < -0.3 is 9.47 Å². The highest BCUT2D eigenvalue weighted by Gasteiger charge is 2.07. The van der Waals surface area contributed by atoms with Gasteiger partial charge in [-0.3, -0.25) is 9.59 Å². The van der Waals surface area contributed by atoms with Crippen LogP contribution < -0.4 is 0 Å². The lowest BCUT2D eigenvalue weighted by Gasteiger charge is -2.10. The number of ether oxygens (including phenoxy) is 2. The second kappa shape index (κ2) is 23.6. The molecule has 0 aliphatic rings. The molecule has 184 valence electrons. The van der Waals surface area contributed by atoms with Crippen LogP contribution in [0.25, 0.3) is 0 Å². The molecule has 0 rings (SSSR count). The van der Waals surface area contributed by atoms with Crippen molar-refractivity contribution in [3.8, 4) is 0 Å². The van der Waals surface area contributed by atoms with Crippen LogP contribution in [0.4, 0.5) is 0 Å². The van der Waals surface area contributed by atoms with Gasteiger partial charge in [-0.05, 0) is 31.6 Å². The first kappa shape index (κ1) is 29.9. The maximum atomic E-state index is 11.8. The van der Waals surface area contributed by atoms with Crippen molar-refractivity contribution >= 4 is 11.9 Å². The second-order valence-corrected chi connectivity index (χ2v) is 9.25. The fourth-order valence-electron chi connectivity index (χ4n) is 3.80. The molecule has 0 aromatic rings. The summed E-state index contributed by atoms with van der Waals surface area (Å²) in [5, 5.41) is 0. The summed E-state index contributed by atoms with van der Waals surface area (Å²) in [6.45, 7) is 7.60. The molecule has 1 unspecified atom stereocenters. The maximum absolute atomic E-state index is 11.8. The molecule has 0 aliphatic carbocycles. The fourth-order valence-corrected chi connectivity index (χ4v) is 3.80. The lowest BCUT2D eigenvalue weighted by atomic mass is 10.1. The predicted molar refractivity (Wildman–Crippen MR) is 130 cm³/mol. The number of carbonyl (C=O) groups is 2. The van der Waals surface area contributed by atoms with E-state index in [0.717, 1.165) is 44.9 Å². The van der Waals surface area contributed by atoms with E-state index >= 15 is 0 Å². The molecule has 4 heteroatoms. The minimum atomic E-state index is -0.113. The molecular weight excluding hydrogens is 388 g/mol. The van der Waals surface area contributed by atoms with E-state index in [-0.39, 0.29) is 11.9 Å². The quantitative estimate of drug-likeness (QED) is 0.119. The summed E-state index contributed by atoms with van der Waals surface area (Å²) in [7, 11) is 0. The molecule has 0 fully saturated rings. The molecule has 31 heavy (non-hydrogen) atoms. The molecule has 0 saturated heterocycles. The van der Waals surface area contributed by atoms with Crippen molar-refractivity contribution < 1.29 is 19.1 Å². The van der Waals surface area contributed by atoms with Crippen LogP contribution in [-0.4, -0.2) is 25.2 Å². The minimum absolute atomic E-state index is 0.0981. The smallest absolute Gasteiger partial charge is 0.305 e. The summed E-state index contributed by atoms with van der Waals surface area (Å²) in [6.07, 6.45) is 21.3. The third kappa shape index (κ3) is 23.4. The molecule has 0 aromatic carbocycles. The topological polar surface area (TPSA) is 52.6 Å². The zero-order valence-electron chi connectivity index (χ0n) is 21.1. The predicted octanol–water partition coefficient (Wildman–Crippen LogP) is 8.16. The number of unbranched alkanes of at least 4 members (excludes halogenated alkanes) is 13. The first-order chi connectivity index (χ1) is 15.1. The Bertz CT molecular complexity index is 408. The monoisotopic (exact) mass is 440 g/mol. The Hall–Kier alpha value is -1.06. The van der Waals surface area contributed by atoms with Crippen LogP contribution in [0.5, 0.6) is 0 Å². The van der Waals surface area contributed by atoms with E-state index in [0.29, 0.717) is 32.0 Å². The molecule has 0 heterocycles. The largest absolute Gasteiger partial charge is 0.466 e. The van der Waals surface area contributed by atoms with Crippen molar-refractivity contribution in [2.75, 3.05) is 13.2 Å². The van der Waals surface area contributed by atoms with Crippen LogP contribution >= 0.6 is 0 Å². The third-order valence-corrected chi connectivity index (χ3v) is 5.83. The first-order valence-electron chi connectivity index (χ1n) is 13.4. The first-order valence-corrected chi connectivity index (χ1v) is 13.4. The van der Waals surface area contributed by atoms with Gasteiger partial charge >= 0.3 is 11.9 Å². The van der Waals surface area contributed by atoms with Gasteiger partial charge in [0.2, 0.25) is 0 Å². The van der Waals surface area contributed by atoms with Crippen molar-refractivity contribution in [1.82, 2.24) is 0 Å². The molecule has 0 bridgehead atoms. The van der Waals surface area contributed by atoms with E-state index in [2.05, 4.69) is 20.8 Å². The van der Waals surface area contributed by atoms with E-state index in [1.54, 1.807) is 0 Å². The van der Waals surface area contributed by atoms with Gasteiger partial charge in [-0.1, -0.05) is 104 Å². The van der Waals surface area contributed by atoms with Crippen LogP contribution in [0, 0.1) is 5.92 Å². The van der Waals surface area contributed by atoms with E-state index in [4.69, 9.17) is 9.47 Å². The number of rotatable bonds is 23. The minimum Gasteiger partial charge on any atom is -0.466 e. The van der Waals surface area contributed by atoms with Crippen LogP contribution in [0.15, 0.2) is 0 Å². The van der Waals surface area contributed by atoms with Gasteiger partial charge in [0, 0.05) is 12.8 Å². The van der Waals surface area contributed by atoms with Crippen molar-refractivity contribution in [3.05, 3.63) is 0 Å². The highest BCUT2D eigenvalue weighted by atomic mass is 16.5. The molecule has 0 aromatic heterocycles. The average molecular weight is 441 g/mol. The zero-order valence-corrected chi connectivity index (χ0v) is 21.1. The Morgan fingerprint density at radius 3 is 1.55 bits per heavy atom. The van der Waals surface area contributed by atoms with Gasteiger partial charge in [-0.15, -0.1) is 0 Å². The van der Waals surface area contributed by atoms with Crippen LogP contribution in [0.1, 0.15) is 143 Å². The van der Waals surface area contributed by atoms with Crippen molar-refractivity contribution in [2.24, 2.45) is 5.92 Å². The zero-order chi connectivity index (χ0) is 23.0. The van der Waals surface area contributed by atoms with Gasteiger partial charge in [0.1, 0.15) is 0 Å². The molecule has 0 saturated carbocycles. The van der Waals surface area contributed by atoms with Crippen molar-refractivity contribution in [3.63, 3.8) is 0 Å². The van der Waals surface area contributed by atoms with Crippen LogP contribution in [0.3, 0.4) is 0 Å². The van der Waals surface area contributed by atoms with E-state index < -0.39 is 0 Å². The van der Waals surface area contributed by atoms with E-state index in [1.807, 2.05) is 0 Å². The Balaban J connectivity index is 3.30. The van der Waals surface area contributed by atoms with E-state index in [1.165, 1.54) is 64.2 Å². The summed E-state index contributed by atoms with van der Waals surface area (Å²) >= 11 is 0. The molecule has 0 aliphatic heterocycles. The number of carbonyl (C=O) groups excluding carboxylic acids is 2. The Kier molecular flexibility index (Phi) is 22.8. The van der Waals surface area contributed by atoms with Crippen LogP contribution in [0.2, 0.25) is 0 Å². The Morgan fingerprint density at radius 1 is 0.581 bits per heavy atom. The molecule has 1 atom stereocenters. The summed E-state index contributed by atoms with van der Waals surface area (Å²) in [5.74, 6) is 0.227. The SMILES string of the molecule is CCCCCCCCCCCCCCOC(=O)CCCCCC(=O)OCC(C)CCC. The highest BCUT2D eigenvalue weighted by molar-refractivity contribution is 5.69. The van der Waals surface area contributed by atoms with Gasteiger partial charge in [-0.2, -0.15) is 0 Å². The average Bonchev–Trinajstić information content (AvgIpc) is 2.75. The number of hydrogen-bond acceptors (Lipinski definition) is 4. The number of hydrogen-bond donors (Lipinski definition) is 0. The van der Waals surface area contributed by atoms with Gasteiger partial charge in [0.25, 0.3) is 0 Å². The van der Waals surface area contributed by atoms with Crippen LogP contribution in [-0.2, 0) is 19.1 Å². The fraction of sp³-hybridized carbons (Fsp3) is 0.926. The second-order valence-electron chi connectivity index (χ2n) is 9.25. The van der Waals surface area contributed by atoms with Gasteiger partial charge in [0.05, 0.1) is 13.2 Å². The lowest BCUT2D eigenvalue weighted by molar-refractivity contribution is -0.145. The molecule has 0 radical (unpaired) electrons. The Labute approximate surface area is 193 Å². The maximum Gasteiger partial charge on any atom is 0.305 e. The summed E-state index contributed by atoms with van der Waals surface area (Å²) < 4.78 is 10.6. The van der Waals surface area contributed by atoms with Gasteiger partial charge in [0.15, 0.2) is 0 Å². The molecule has 0 spiro atoms. The summed E-state index contributed by atoms with van der Waals surface area (Å²) in [6, 6.07) is 0. The van der Waals surface area contributed by atoms with Crippen molar-refractivity contribution in [1.29, 1.82) is 0 Å². The lowest BCUT2D eigenvalue weighted by Crippen LogP contribution is -2.11. The molecule has 4 nitrogen and oxygen atoms in total. The standard InChI is InChI=1S/C27H52O4/c1-4-6-7-8-9-10-11-12-13-14-15-19-23-30-26(28)21-17-16-18-22-27(29)31-24-25(3)20-5-2/h25H,4-24H2,1-3H3. The highest BCUT2D eigenvalue weighted by Crippen LogP contribution is 2.12. The van der Waals surface area contributed by atoms with E-state index in [9.17, 15) is 9.59 Å². The molecular formula is C27H52O4. The summed E-state index contributed by atoms with van der Waals surface area (Å²) in [5.41, 5.74) is 0. The summed E-state index contributed by atoms with van der Waals surface area (Å²) in [4.78, 5) is 23.5. The van der Waals surface area contributed by atoms with Gasteiger partial charge in [-0.25, -0.2) is 0 Å². The number of esters is 2. The normalized spacial score (nSPS) is 12.0.